The van der Waals surface area contributed by atoms with Gasteiger partial charge in [-0.15, -0.1) is 0 Å². The van der Waals surface area contributed by atoms with Crippen molar-refractivity contribution in [2.24, 2.45) is 0 Å². The highest BCUT2D eigenvalue weighted by Crippen LogP contribution is 2.39. The van der Waals surface area contributed by atoms with E-state index in [0.717, 1.165) is 31.5 Å². The van der Waals surface area contributed by atoms with Gasteiger partial charge in [0.1, 0.15) is 5.03 Å². The Kier molecular flexibility index (Phi) is 5.91. The Labute approximate surface area is 140 Å². The summed E-state index contributed by atoms with van der Waals surface area (Å²) < 4.78 is 43.0. The maximum absolute atomic E-state index is 12.6. The lowest BCUT2D eigenvalue weighted by Gasteiger charge is -2.10. The molecule has 0 aromatic carbocycles. The first-order valence-electron chi connectivity index (χ1n) is 7.03. The Morgan fingerprint density at radius 1 is 1.39 bits per heavy atom. The molecule has 0 radical (unpaired) electrons. The van der Waals surface area contributed by atoms with Gasteiger partial charge in [0.05, 0.1) is 15.8 Å². The van der Waals surface area contributed by atoms with Crippen molar-refractivity contribution in [3.05, 3.63) is 34.6 Å². The highest BCUT2D eigenvalue weighted by Gasteiger charge is 2.32. The molecule has 1 unspecified atom stereocenters. The fourth-order valence-electron chi connectivity index (χ4n) is 1.75. The molecule has 0 aliphatic rings. The van der Waals surface area contributed by atoms with Gasteiger partial charge >= 0.3 is 6.18 Å². The van der Waals surface area contributed by atoms with Crippen molar-refractivity contribution in [1.82, 2.24) is 15.1 Å². The second-order valence-corrected chi connectivity index (χ2v) is 6.66. The van der Waals surface area contributed by atoms with E-state index in [1.54, 1.807) is 6.92 Å². The number of thioether (sulfide) groups is 1. The molecule has 0 N–H and O–H groups in total. The maximum Gasteiger partial charge on any atom is 0.417 e. The minimum atomic E-state index is -4.47. The van der Waals surface area contributed by atoms with Crippen molar-refractivity contribution < 1.29 is 17.7 Å². The highest BCUT2D eigenvalue weighted by molar-refractivity contribution is 7.99. The molecule has 2 heterocycles. The fourth-order valence-corrected chi connectivity index (χ4v) is 2.87. The summed E-state index contributed by atoms with van der Waals surface area (Å²) in [4.78, 5) is 8.07. The molecule has 23 heavy (non-hydrogen) atoms. The largest absolute Gasteiger partial charge is 0.417 e. The lowest BCUT2D eigenvalue weighted by Crippen LogP contribution is -2.05. The van der Waals surface area contributed by atoms with Crippen LogP contribution < -0.4 is 0 Å². The average molecular weight is 366 g/mol. The Bertz CT molecular complexity index is 663. The Morgan fingerprint density at radius 2 is 2.13 bits per heavy atom. The number of rotatable bonds is 6. The summed E-state index contributed by atoms with van der Waals surface area (Å²) in [6, 6.07) is 0.865. The Morgan fingerprint density at radius 3 is 2.74 bits per heavy atom. The van der Waals surface area contributed by atoms with E-state index < -0.39 is 11.7 Å². The second-order valence-electron chi connectivity index (χ2n) is 4.92. The van der Waals surface area contributed by atoms with E-state index in [4.69, 9.17) is 16.1 Å². The molecular formula is C14H15ClF3N3OS. The molecule has 2 rings (SSSR count). The van der Waals surface area contributed by atoms with Crippen LogP contribution in [0.5, 0.6) is 0 Å². The van der Waals surface area contributed by atoms with E-state index in [0.29, 0.717) is 16.7 Å². The molecule has 0 bridgehead atoms. The third-order valence-corrected chi connectivity index (χ3v) is 4.51. The van der Waals surface area contributed by atoms with E-state index in [-0.39, 0.29) is 10.3 Å². The van der Waals surface area contributed by atoms with Crippen LogP contribution in [0.3, 0.4) is 0 Å². The molecule has 0 fully saturated rings. The lowest BCUT2D eigenvalue weighted by molar-refractivity contribution is -0.137. The van der Waals surface area contributed by atoms with Gasteiger partial charge in [-0.25, -0.2) is 4.98 Å². The summed E-state index contributed by atoms with van der Waals surface area (Å²) in [5, 5.41) is 3.86. The zero-order valence-corrected chi connectivity index (χ0v) is 14.1. The number of pyridine rings is 1. The number of halogens is 4. The van der Waals surface area contributed by atoms with Crippen molar-refractivity contribution in [1.29, 1.82) is 0 Å². The number of alkyl halides is 3. The SMILES string of the molecule is CCCCc1noc(C(C)Sc2ncc(C(F)(F)F)cc2Cl)n1. The lowest BCUT2D eigenvalue weighted by atomic mass is 10.2. The summed E-state index contributed by atoms with van der Waals surface area (Å²) in [5.74, 6) is 1.03. The summed E-state index contributed by atoms with van der Waals surface area (Å²) in [6.45, 7) is 3.87. The van der Waals surface area contributed by atoms with Crippen molar-refractivity contribution >= 4 is 23.4 Å². The summed E-state index contributed by atoms with van der Waals surface area (Å²) >= 11 is 7.06. The molecule has 126 valence electrons. The van der Waals surface area contributed by atoms with Crippen molar-refractivity contribution in [2.45, 2.75) is 49.6 Å². The number of unbranched alkanes of at least 4 members (excludes halogenated alkanes) is 1. The monoisotopic (exact) mass is 365 g/mol. The zero-order chi connectivity index (χ0) is 17.0. The standard InChI is InChI=1S/C14H15ClF3N3OS/c1-3-4-5-11-20-12(22-21-11)8(2)23-13-10(15)6-9(7-19-13)14(16,17)18/h6-8H,3-5H2,1-2H3. The molecular weight excluding hydrogens is 351 g/mol. The molecule has 2 aromatic rings. The molecule has 0 amide bonds. The Hall–Kier alpha value is -1.28. The van der Waals surface area contributed by atoms with E-state index in [1.807, 2.05) is 0 Å². The third kappa shape index (κ3) is 4.84. The van der Waals surface area contributed by atoms with E-state index >= 15 is 0 Å². The number of hydrogen-bond acceptors (Lipinski definition) is 5. The minimum Gasteiger partial charge on any atom is -0.338 e. The van der Waals surface area contributed by atoms with Crippen LogP contribution in [0.15, 0.2) is 21.8 Å². The summed E-state index contributed by atoms with van der Waals surface area (Å²) in [5.41, 5.74) is -0.876. The number of aryl methyl sites for hydroxylation is 1. The van der Waals surface area contributed by atoms with Gasteiger partial charge in [0.15, 0.2) is 5.82 Å². The van der Waals surface area contributed by atoms with Crippen LogP contribution in [0, 0.1) is 0 Å². The van der Waals surface area contributed by atoms with Gasteiger partial charge in [-0.05, 0) is 19.4 Å². The van der Waals surface area contributed by atoms with Gasteiger partial charge in [0, 0.05) is 12.6 Å². The van der Waals surface area contributed by atoms with Crippen LogP contribution in [0.2, 0.25) is 5.02 Å². The molecule has 0 saturated heterocycles. The van der Waals surface area contributed by atoms with Crippen LogP contribution in [-0.2, 0) is 12.6 Å². The van der Waals surface area contributed by atoms with Gasteiger partial charge in [-0.1, -0.05) is 41.9 Å². The highest BCUT2D eigenvalue weighted by atomic mass is 35.5. The van der Waals surface area contributed by atoms with Crippen molar-refractivity contribution in [3.8, 4) is 0 Å². The number of aromatic nitrogens is 3. The molecule has 4 nitrogen and oxygen atoms in total. The van der Waals surface area contributed by atoms with E-state index in [2.05, 4.69) is 22.0 Å². The van der Waals surface area contributed by atoms with Gasteiger partial charge in [-0.2, -0.15) is 18.2 Å². The first-order valence-corrected chi connectivity index (χ1v) is 8.29. The van der Waals surface area contributed by atoms with Crippen molar-refractivity contribution in [2.75, 3.05) is 0 Å². The van der Waals surface area contributed by atoms with Gasteiger partial charge in [-0.3, -0.25) is 0 Å². The van der Waals surface area contributed by atoms with Crippen LogP contribution in [-0.4, -0.2) is 15.1 Å². The predicted octanol–water partition coefficient (Wildman–Crippen LogP) is 5.33. The van der Waals surface area contributed by atoms with Gasteiger partial charge in [0.25, 0.3) is 0 Å². The first-order chi connectivity index (χ1) is 10.8. The third-order valence-electron chi connectivity index (χ3n) is 3.01. The summed E-state index contributed by atoms with van der Waals surface area (Å²) in [7, 11) is 0. The molecule has 1 atom stereocenters. The maximum atomic E-state index is 12.6. The first kappa shape index (κ1) is 18.1. The molecule has 0 spiro atoms. The van der Waals surface area contributed by atoms with Crippen LogP contribution in [0.4, 0.5) is 13.2 Å². The molecule has 0 aliphatic heterocycles. The van der Waals surface area contributed by atoms with E-state index in [9.17, 15) is 13.2 Å². The molecule has 0 saturated carbocycles. The topological polar surface area (TPSA) is 51.8 Å². The molecule has 2 aromatic heterocycles. The quantitative estimate of drug-likeness (QED) is 0.647. The van der Waals surface area contributed by atoms with Crippen LogP contribution in [0.25, 0.3) is 0 Å². The molecule has 9 heteroatoms. The average Bonchev–Trinajstić information content (AvgIpc) is 2.95. The smallest absolute Gasteiger partial charge is 0.338 e. The van der Waals surface area contributed by atoms with Gasteiger partial charge in [0.2, 0.25) is 5.89 Å². The Balaban J connectivity index is 2.08. The zero-order valence-electron chi connectivity index (χ0n) is 12.5. The van der Waals surface area contributed by atoms with Crippen LogP contribution >= 0.6 is 23.4 Å². The molecule has 0 aliphatic carbocycles. The van der Waals surface area contributed by atoms with E-state index in [1.165, 1.54) is 11.8 Å². The predicted molar refractivity (Wildman–Crippen MR) is 81.4 cm³/mol. The van der Waals surface area contributed by atoms with Crippen LogP contribution in [0.1, 0.15) is 49.2 Å². The second kappa shape index (κ2) is 7.53. The fraction of sp³-hybridized carbons (Fsp3) is 0.500. The minimum absolute atomic E-state index is 0.0533. The number of hydrogen-bond donors (Lipinski definition) is 0. The summed E-state index contributed by atoms with van der Waals surface area (Å²) in [6.07, 6.45) is -0.976. The normalized spacial score (nSPS) is 13.3. The van der Waals surface area contributed by atoms with Gasteiger partial charge < -0.3 is 4.52 Å². The number of nitrogens with zero attached hydrogens (tertiary/aromatic N) is 3. The van der Waals surface area contributed by atoms with Crippen molar-refractivity contribution in [3.63, 3.8) is 0 Å².